The summed E-state index contributed by atoms with van der Waals surface area (Å²) in [7, 11) is -3.46. The summed E-state index contributed by atoms with van der Waals surface area (Å²) >= 11 is 3.51. The van der Waals surface area contributed by atoms with Crippen LogP contribution in [-0.2, 0) is 13.6 Å². The monoisotopic (exact) mass is 557 g/mol. The number of benzene rings is 3. The highest BCUT2D eigenvalue weighted by atomic mass is 79.9. The van der Waals surface area contributed by atoms with Crippen molar-refractivity contribution >= 4 is 56.7 Å². The highest BCUT2D eigenvalue weighted by molar-refractivity contribution is 9.26. The molecule has 34 heavy (non-hydrogen) atoms. The second-order valence-electron chi connectivity index (χ2n) is 8.98. The molecule has 0 unspecified atom stereocenters. The van der Waals surface area contributed by atoms with E-state index in [4.69, 9.17) is 14.0 Å². The van der Waals surface area contributed by atoms with Gasteiger partial charge in [0.05, 0.1) is 18.7 Å². The molecule has 180 valence electrons. The van der Waals surface area contributed by atoms with Crippen LogP contribution in [0.4, 0.5) is 0 Å². The highest BCUT2D eigenvalue weighted by Gasteiger charge is 2.29. The van der Waals surface area contributed by atoms with Crippen molar-refractivity contribution in [3.05, 3.63) is 72.3 Å². The Morgan fingerprint density at radius 3 is 2.12 bits per heavy atom. The van der Waals surface area contributed by atoms with E-state index in [2.05, 4.69) is 84.3 Å². The molecule has 0 aliphatic rings. The summed E-state index contributed by atoms with van der Waals surface area (Å²) in [6.45, 7) is 12.2. The molecule has 1 heterocycles. The Morgan fingerprint density at radius 2 is 1.47 bits per heavy atom. The normalized spacial score (nSPS) is 12.0. The fraction of sp³-hybridized carbons (Fsp3) is 0.296. The Bertz CT molecular complexity index is 1320. The quantitative estimate of drug-likeness (QED) is 0.135. The van der Waals surface area contributed by atoms with Crippen molar-refractivity contribution in [2.24, 2.45) is 0 Å². The van der Waals surface area contributed by atoms with Gasteiger partial charge in [-0.25, -0.2) is 4.98 Å². The van der Waals surface area contributed by atoms with E-state index >= 15 is 0 Å². The van der Waals surface area contributed by atoms with Crippen molar-refractivity contribution in [3.8, 4) is 11.1 Å². The van der Waals surface area contributed by atoms with Gasteiger partial charge in [-0.15, -0.1) is 15.3 Å². The van der Waals surface area contributed by atoms with Gasteiger partial charge in [0.15, 0.2) is 5.44 Å². The molecule has 0 bridgehead atoms. The molecule has 0 spiro atoms. The Hall–Kier alpha value is -1.82. The number of aromatic nitrogens is 1. The van der Waals surface area contributed by atoms with Crippen molar-refractivity contribution in [1.82, 2.24) is 4.98 Å². The van der Waals surface area contributed by atoms with Crippen LogP contribution in [0.1, 0.15) is 19.4 Å². The Kier molecular flexibility index (Phi) is 8.88. The average Bonchev–Trinajstić information content (AvgIpc) is 2.77. The summed E-state index contributed by atoms with van der Waals surface area (Å²) < 4.78 is 24.3. The van der Waals surface area contributed by atoms with Crippen LogP contribution < -0.4 is 5.44 Å². The van der Waals surface area contributed by atoms with Gasteiger partial charge in [-0.2, -0.15) is 0 Å². The maximum absolute atomic E-state index is 13.3. The van der Waals surface area contributed by atoms with Crippen molar-refractivity contribution in [2.45, 2.75) is 40.4 Å². The van der Waals surface area contributed by atoms with Gasteiger partial charge < -0.3 is 9.05 Å². The van der Waals surface area contributed by atoms with Crippen LogP contribution in [0.2, 0.25) is 19.6 Å². The molecule has 4 aromatic rings. The number of fused-ring (bicyclic) bond motifs is 2. The number of halogens is 1. The average molecular weight is 559 g/mol. The van der Waals surface area contributed by atoms with Gasteiger partial charge in [-0.05, 0) is 60.9 Å². The minimum atomic E-state index is -3.46. The summed E-state index contributed by atoms with van der Waals surface area (Å²) in [5, 5.41) is 3.33. The summed E-state index contributed by atoms with van der Waals surface area (Å²) in [5.41, 5.74) is 4.40. The first-order valence-corrected chi connectivity index (χ1v) is 18.8. The molecule has 1 aromatic heterocycles. The Morgan fingerprint density at radius 1 is 0.853 bits per heavy atom. The van der Waals surface area contributed by atoms with E-state index in [9.17, 15) is 4.57 Å². The second kappa shape index (κ2) is 11.3. The molecule has 0 atom stereocenters. The van der Waals surface area contributed by atoms with Gasteiger partial charge >= 0.3 is 7.60 Å². The predicted octanol–water partition coefficient (Wildman–Crippen LogP) is 8.47. The predicted molar refractivity (Wildman–Crippen MR) is 152 cm³/mol. The molecule has 3 aromatic carbocycles. The Balaban J connectivity index is 0.000000588. The summed E-state index contributed by atoms with van der Waals surface area (Å²) in [5.74, 6) is 0. The molecular formula is C27H33BrNO3PSi. The van der Waals surface area contributed by atoms with E-state index in [0.29, 0.717) is 18.6 Å². The zero-order valence-corrected chi connectivity index (χ0v) is 24.2. The lowest BCUT2D eigenvalue weighted by atomic mass is 9.95. The topological polar surface area (TPSA) is 48.4 Å². The molecule has 4 nitrogen and oxygen atoms in total. The van der Waals surface area contributed by atoms with Gasteiger partial charge in [0, 0.05) is 10.9 Å². The van der Waals surface area contributed by atoms with Crippen LogP contribution in [0.5, 0.6) is 0 Å². The molecule has 0 radical (unpaired) electrons. The van der Waals surface area contributed by atoms with E-state index in [1.807, 2.05) is 18.2 Å². The van der Waals surface area contributed by atoms with E-state index < -0.39 is 14.3 Å². The number of hydrogen-bond donors (Lipinski definition) is 0. The van der Waals surface area contributed by atoms with Gasteiger partial charge in [0.2, 0.25) is 0 Å². The number of pyridine rings is 1. The Labute approximate surface area is 211 Å². The number of rotatable bonds is 6. The third-order valence-electron chi connectivity index (χ3n) is 4.88. The van der Waals surface area contributed by atoms with Crippen molar-refractivity contribution in [3.63, 3.8) is 0 Å². The van der Waals surface area contributed by atoms with Crippen molar-refractivity contribution < 1.29 is 13.6 Å². The van der Waals surface area contributed by atoms with E-state index in [-0.39, 0.29) is 0 Å². The number of nitrogens with zero attached hydrogens (tertiary/aromatic N) is 1. The third-order valence-corrected chi connectivity index (χ3v) is 6.89. The van der Waals surface area contributed by atoms with Crippen LogP contribution in [0, 0.1) is 6.92 Å². The standard InChI is InChI=1S/C24H24NO3P.C3H9BrSi/c1-4-27-29(26,28-5-2)23-14-13-19-15-17(3)16-22(24(19)25-23)21-12-8-10-18-9-6-7-11-20(18)21;1-5(2,3)4/h6-16H,4-5H2,1-3H3;1-3H3. The summed E-state index contributed by atoms with van der Waals surface area (Å²) in [4.78, 5) is 4.80. The second-order valence-corrected chi connectivity index (χ2v) is 22.2. The zero-order valence-electron chi connectivity index (χ0n) is 20.8. The smallest absolute Gasteiger partial charge is 0.304 e. The molecule has 4 rings (SSSR count). The molecule has 0 amide bonds. The maximum Gasteiger partial charge on any atom is 0.379 e. The molecular weight excluding hydrogens is 525 g/mol. The number of hydrogen-bond acceptors (Lipinski definition) is 4. The van der Waals surface area contributed by atoms with Crippen LogP contribution in [0.25, 0.3) is 32.8 Å². The fourth-order valence-electron chi connectivity index (χ4n) is 3.70. The highest BCUT2D eigenvalue weighted by Crippen LogP contribution is 2.46. The zero-order chi connectivity index (χ0) is 24.9. The number of aryl methyl sites for hydroxylation is 1. The van der Waals surface area contributed by atoms with Crippen LogP contribution in [0.15, 0.2) is 66.7 Å². The van der Waals surface area contributed by atoms with Crippen LogP contribution >= 0.6 is 22.9 Å². The maximum atomic E-state index is 13.3. The first-order chi connectivity index (χ1) is 16.1. The lowest BCUT2D eigenvalue weighted by Crippen LogP contribution is -2.14. The molecule has 0 N–H and O–H groups in total. The molecule has 7 heteroatoms. The van der Waals surface area contributed by atoms with E-state index in [1.54, 1.807) is 19.9 Å². The molecule has 0 saturated heterocycles. The first-order valence-electron chi connectivity index (χ1n) is 11.5. The minimum Gasteiger partial charge on any atom is -0.304 e. The summed E-state index contributed by atoms with van der Waals surface area (Å²) in [6.07, 6.45) is 0. The lowest BCUT2D eigenvalue weighted by molar-refractivity contribution is 0.229. The molecule has 0 aliphatic heterocycles. The van der Waals surface area contributed by atoms with Gasteiger partial charge in [-0.3, -0.25) is 4.57 Å². The van der Waals surface area contributed by atoms with Gasteiger partial charge in [-0.1, -0.05) is 68.2 Å². The first kappa shape index (κ1) is 26.8. The largest absolute Gasteiger partial charge is 0.379 e. The SMILES string of the molecule is CCOP(=O)(OCC)c1ccc2cc(C)cc(-c3cccc4ccccc34)c2n1.C[Si](C)(C)Br. The van der Waals surface area contributed by atoms with Crippen molar-refractivity contribution in [2.75, 3.05) is 13.2 Å². The molecule has 0 saturated carbocycles. The van der Waals surface area contributed by atoms with Crippen LogP contribution in [0.3, 0.4) is 0 Å². The molecule has 0 fully saturated rings. The van der Waals surface area contributed by atoms with Crippen LogP contribution in [-0.4, -0.2) is 24.9 Å². The van der Waals surface area contributed by atoms with Gasteiger partial charge in [0.1, 0.15) is 6.69 Å². The van der Waals surface area contributed by atoms with Gasteiger partial charge in [0.25, 0.3) is 0 Å². The fourth-order valence-corrected chi connectivity index (χ4v) is 5.20. The van der Waals surface area contributed by atoms with E-state index in [1.165, 1.54) is 5.39 Å². The third kappa shape index (κ3) is 6.64. The minimum absolute atomic E-state index is 0.293. The van der Waals surface area contributed by atoms with E-state index in [0.717, 1.165) is 33.0 Å². The summed E-state index contributed by atoms with van der Waals surface area (Å²) in [6, 6.07) is 22.5. The lowest BCUT2D eigenvalue weighted by Gasteiger charge is -2.18. The van der Waals surface area contributed by atoms with Crippen molar-refractivity contribution in [1.29, 1.82) is 0 Å². The molecule has 0 aliphatic carbocycles.